The first-order valence-corrected chi connectivity index (χ1v) is 9.11. The van der Waals surface area contributed by atoms with Crippen molar-refractivity contribution < 1.29 is 0 Å². The lowest BCUT2D eigenvalue weighted by molar-refractivity contribution is 0.564. The Hall–Kier alpha value is -0.590. The minimum atomic E-state index is 0.0536. The highest BCUT2D eigenvalue weighted by atomic mass is 32.2. The van der Waals surface area contributed by atoms with Crippen LogP contribution >= 0.6 is 35.3 Å². The second-order valence-corrected chi connectivity index (χ2v) is 6.75. The topological polar surface area (TPSA) is 37.8 Å². The molecule has 0 aliphatic rings. The zero-order valence-electron chi connectivity index (χ0n) is 11.0. The molecule has 0 saturated heterocycles. The maximum Gasteiger partial charge on any atom is 0.272 e. The Labute approximate surface area is 126 Å². The lowest BCUT2D eigenvalue weighted by Gasteiger charge is -2.06. The van der Waals surface area contributed by atoms with E-state index in [1.54, 1.807) is 4.57 Å². The number of unbranched alkanes of at least 4 members (excludes halogenated alkanes) is 3. The van der Waals surface area contributed by atoms with E-state index >= 15 is 0 Å². The molecule has 6 heteroatoms. The lowest BCUT2D eigenvalue weighted by atomic mass is 10.2. The van der Waals surface area contributed by atoms with Gasteiger partial charge in [-0.2, -0.15) is 11.8 Å². The molecule has 0 bridgehead atoms. The molecule has 2 rings (SSSR count). The molecule has 104 valence electrons. The Morgan fingerprint density at radius 3 is 2.95 bits per heavy atom. The van der Waals surface area contributed by atoms with Gasteiger partial charge in [0.25, 0.3) is 5.56 Å². The second kappa shape index (κ2) is 7.26. The van der Waals surface area contributed by atoms with Crippen molar-refractivity contribution in [3.63, 3.8) is 0 Å². The summed E-state index contributed by atoms with van der Waals surface area (Å²) in [4.78, 5) is 15.4. The summed E-state index contributed by atoms with van der Waals surface area (Å²) in [5.41, 5.74) is 0.911. The molecule has 19 heavy (non-hydrogen) atoms. The molecular weight excluding hydrogens is 296 g/mol. The third-order valence-corrected chi connectivity index (χ3v) is 4.99. The number of nitrogens with zero attached hydrogens (tertiary/aromatic N) is 1. The fourth-order valence-electron chi connectivity index (χ4n) is 2.04. The second-order valence-electron chi connectivity index (χ2n) is 4.46. The monoisotopic (exact) mass is 314 g/mol. The van der Waals surface area contributed by atoms with Gasteiger partial charge in [0, 0.05) is 6.54 Å². The highest BCUT2D eigenvalue weighted by Gasteiger charge is 2.06. The largest absolute Gasteiger partial charge is 0.331 e. The molecule has 2 aromatic rings. The number of thiophene rings is 1. The summed E-state index contributed by atoms with van der Waals surface area (Å²) < 4.78 is 3.01. The van der Waals surface area contributed by atoms with Gasteiger partial charge in [-0.05, 0) is 48.5 Å². The Balaban J connectivity index is 2.00. The molecule has 0 spiro atoms. The van der Waals surface area contributed by atoms with Crippen LogP contribution in [-0.4, -0.2) is 21.6 Å². The molecule has 3 nitrogen and oxygen atoms in total. The summed E-state index contributed by atoms with van der Waals surface area (Å²) in [5.74, 6) is 1.22. The standard InChI is InChI=1S/C13H18N2OS3/c1-18-8-5-3-2-4-7-15-12(16)11-10(6-9-19-11)14-13(15)17/h6,9H,2-5,7-8H2,1H3,(H,14,17). The first-order chi connectivity index (χ1) is 9.24. The number of aromatic amines is 1. The summed E-state index contributed by atoms with van der Waals surface area (Å²) in [7, 11) is 0. The third kappa shape index (κ3) is 3.70. The van der Waals surface area contributed by atoms with E-state index in [2.05, 4.69) is 11.2 Å². The van der Waals surface area contributed by atoms with E-state index in [0.717, 1.165) is 29.6 Å². The molecule has 2 aromatic heterocycles. The number of aromatic nitrogens is 2. The van der Waals surface area contributed by atoms with E-state index in [-0.39, 0.29) is 5.56 Å². The summed E-state index contributed by atoms with van der Waals surface area (Å²) in [6, 6.07) is 1.91. The SMILES string of the molecule is CSCCCCCCn1c(=S)[nH]c2ccsc2c1=O. The number of H-pyrrole nitrogens is 1. The average molecular weight is 315 g/mol. The van der Waals surface area contributed by atoms with E-state index in [1.165, 1.54) is 29.9 Å². The number of nitrogens with one attached hydrogen (secondary N) is 1. The van der Waals surface area contributed by atoms with Crippen LogP contribution in [0, 0.1) is 4.77 Å². The van der Waals surface area contributed by atoms with Crippen molar-refractivity contribution >= 4 is 45.5 Å². The lowest BCUT2D eigenvalue weighted by Crippen LogP contribution is -2.21. The van der Waals surface area contributed by atoms with Gasteiger partial charge < -0.3 is 4.98 Å². The Kier molecular flexibility index (Phi) is 5.66. The molecule has 0 radical (unpaired) electrons. The molecule has 0 amide bonds. The molecule has 0 unspecified atom stereocenters. The van der Waals surface area contributed by atoms with E-state index in [4.69, 9.17) is 12.2 Å². The van der Waals surface area contributed by atoms with Crippen molar-refractivity contribution in [3.05, 3.63) is 26.6 Å². The van der Waals surface area contributed by atoms with Crippen LogP contribution < -0.4 is 5.56 Å². The highest BCUT2D eigenvalue weighted by molar-refractivity contribution is 7.98. The van der Waals surface area contributed by atoms with Gasteiger partial charge in [-0.25, -0.2) is 0 Å². The van der Waals surface area contributed by atoms with Crippen LogP contribution in [0.5, 0.6) is 0 Å². The fraction of sp³-hybridized carbons (Fsp3) is 0.538. The van der Waals surface area contributed by atoms with Gasteiger partial charge in [0.1, 0.15) is 4.70 Å². The molecular formula is C13H18N2OS3. The van der Waals surface area contributed by atoms with E-state index in [1.807, 2.05) is 23.2 Å². The molecule has 0 atom stereocenters. The molecule has 0 aliphatic heterocycles. The number of fused-ring (bicyclic) bond motifs is 1. The summed E-state index contributed by atoms with van der Waals surface area (Å²) in [5, 5.41) is 1.92. The first kappa shape index (κ1) is 14.8. The van der Waals surface area contributed by atoms with E-state index in [9.17, 15) is 4.79 Å². The Morgan fingerprint density at radius 1 is 1.37 bits per heavy atom. The first-order valence-electron chi connectivity index (χ1n) is 6.43. The van der Waals surface area contributed by atoms with Gasteiger partial charge in [0.2, 0.25) is 0 Å². The maximum atomic E-state index is 12.3. The van der Waals surface area contributed by atoms with Crippen LogP contribution in [0.3, 0.4) is 0 Å². The number of thioether (sulfide) groups is 1. The zero-order valence-corrected chi connectivity index (χ0v) is 13.4. The van der Waals surface area contributed by atoms with Gasteiger partial charge in [0.05, 0.1) is 5.52 Å². The quantitative estimate of drug-likeness (QED) is 0.619. The zero-order chi connectivity index (χ0) is 13.7. The Morgan fingerprint density at radius 2 is 2.16 bits per heavy atom. The number of rotatable bonds is 7. The van der Waals surface area contributed by atoms with E-state index in [0.29, 0.717) is 4.77 Å². The van der Waals surface area contributed by atoms with Crippen LogP contribution in [0.15, 0.2) is 16.2 Å². The highest BCUT2D eigenvalue weighted by Crippen LogP contribution is 2.14. The predicted octanol–water partition coefficient (Wildman–Crippen LogP) is 4.04. The summed E-state index contributed by atoms with van der Waals surface area (Å²) >= 11 is 8.62. The summed E-state index contributed by atoms with van der Waals surface area (Å²) in [6.07, 6.45) is 6.79. The van der Waals surface area contributed by atoms with Gasteiger partial charge in [-0.15, -0.1) is 11.3 Å². The average Bonchev–Trinajstić information content (AvgIpc) is 2.85. The van der Waals surface area contributed by atoms with Crippen molar-refractivity contribution in [1.82, 2.24) is 9.55 Å². The van der Waals surface area contributed by atoms with Crippen molar-refractivity contribution in [2.45, 2.75) is 32.2 Å². The van der Waals surface area contributed by atoms with Gasteiger partial charge in [-0.3, -0.25) is 9.36 Å². The molecule has 2 heterocycles. The molecule has 0 aliphatic carbocycles. The third-order valence-electron chi connectivity index (χ3n) is 3.07. The van der Waals surface area contributed by atoms with Gasteiger partial charge in [0.15, 0.2) is 4.77 Å². The molecule has 0 aromatic carbocycles. The normalized spacial score (nSPS) is 11.2. The molecule has 1 N–H and O–H groups in total. The van der Waals surface area contributed by atoms with Crippen molar-refractivity contribution in [2.24, 2.45) is 0 Å². The molecule has 0 fully saturated rings. The van der Waals surface area contributed by atoms with E-state index < -0.39 is 0 Å². The van der Waals surface area contributed by atoms with Crippen molar-refractivity contribution in [1.29, 1.82) is 0 Å². The van der Waals surface area contributed by atoms with Crippen molar-refractivity contribution in [3.8, 4) is 0 Å². The Bertz CT molecular complexity index is 641. The van der Waals surface area contributed by atoms with Crippen LogP contribution in [0.25, 0.3) is 10.2 Å². The number of hydrogen-bond donors (Lipinski definition) is 1. The summed E-state index contributed by atoms with van der Waals surface area (Å²) in [6.45, 7) is 0.723. The minimum absolute atomic E-state index is 0.0536. The predicted molar refractivity (Wildman–Crippen MR) is 88.1 cm³/mol. The van der Waals surface area contributed by atoms with Gasteiger partial charge in [-0.1, -0.05) is 12.8 Å². The van der Waals surface area contributed by atoms with Crippen LogP contribution in [0.1, 0.15) is 25.7 Å². The van der Waals surface area contributed by atoms with Crippen LogP contribution in [0.4, 0.5) is 0 Å². The maximum absolute atomic E-state index is 12.3. The van der Waals surface area contributed by atoms with Gasteiger partial charge >= 0.3 is 0 Å². The van der Waals surface area contributed by atoms with Crippen LogP contribution in [0.2, 0.25) is 0 Å². The number of hydrogen-bond acceptors (Lipinski definition) is 4. The minimum Gasteiger partial charge on any atom is -0.331 e. The smallest absolute Gasteiger partial charge is 0.272 e. The molecule has 0 saturated carbocycles. The fourth-order valence-corrected chi connectivity index (χ4v) is 3.62. The van der Waals surface area contributed by atoms with Crippen LogP contribution in [-0.2, 0) is 6.54 Å². The van der Waals surface area contributed by atoms with Crippen molar-refractivity contribution in [2.75, 3.05) is 12.0 Å².